The third kappa shape index (κ3) is 8.90. The number of carbonyl (C=O) groups excluding carboxylic acids is 3. The van der Waals surface area contributed by atoms with Gasteiger partial charge in [-0.15, -0.1) is 0 Å². The molecule has 4 aromatic rings. The van der Waals surface area contributed by atoms with E-state index in [1.165, 1.54) is 30.3 Å². The molecule has 0 unspecified atom stereocenters. The van der Waals surface area contributed by atoms with Crippen LogP contribution in [0.5, 0.6) is 5.75 Å². The summed E-state index contributed by atoms with van der Waals surface area (Å²) in [5.41, 5.74) is 6.32. The van der Waals surface area contributed by atoms with Crippen LogP contribution >= 0.6 is 11.6 Å². The van der Waals surface area contributed by atoms with Crippen LogP contribution in [0.3, 0.4) is 0 Å². The fraction of sp³-hybridized carbons (Fsp3) is 0.359. The van der Waals surface area contributed by atoms with Gasteiger partial charge in [-0.05, 0) is 90.8 Å². The first kappa shape index (κ1) is 38.0. The lowest BCUT2D eigenvalue weighted by Crippen LogP contribution is -2.58. The van der Waals surface area contributed by atoms with Crippen LogP contribution in [0.25, 0.3) is 21.9 Å². The zero-order chi connectivity index (χ0) is 37.9. The highest BCUT2D eigenvalue weighted by Crippen LogP contribution is 2.36. The topological polar surface area (TPSA) is 111 Å². The van der Waals surface area contributed by atoms with Gasteiger partial charge in [0, 0.05) is 35.3 Å². The highest BCUT2D eigenvalue weighted by molar-refractivity contribution is 6.30. The fourth-order valence-electron chi connectivity index (χ4n) is 6.65. The second-order valence-electron chi connectivity index (χ2n) is 13.4. The average Bonchev–Trinajstić information content (AvgIpc) is 3.65. The van der Waals surface area contributed by atoms with E-state index in [4.69, 9.17) is 22.1 Å². The van der Waals surface area contributed by atoms with E-state index in [0.29, 0.717) is 45.5 Å². The summed E-state index contributed by atoms with van der Waals surface area (Å²) in [6, 6.07) is 17.9. The normalized spacial score (nSPS) is 17.0. The van der Waals surface area contributed by atoms with Crippen molar-refractivity contribution < 1.29 is 45.8 Å². The first-order chi connectivity index (χ1) is 25.2. The van der Waals surface area contributed by atoms with Crippen molar-refractivity contribution in [3.8, 4) is 16.9 Å². The Hall–Kier alpha value is -4.75. The van der Waals surface area contributed by atoms with E-state index < -0.39 is 47.6 Å². The summed E-state index contributed by atoms with van der Waals surface area (Å²) in [6.45, 7) is 0.0309. The summed E-state index contributed by atoms with van der Waals surface area (Å²) >= 11 is 5.97. The van der Waals surface area contributed by atoms with E-state index in [2.05, 4.69) is 4.74 Å². The second-order valence-corrected chi connectivity index (χ2v) is 13.8. The lowest BCUT2D eigenvalue weighted by Gasteiger charge is -2.36. The summed E-state index contributed by atoms with van der Waals surface area (Å²) in [5, 5.41) is 3.52. The van der Waals surface area contributed by atoms with Gasteiger partial charge < -0.3 is 25.4 Å². The molecule has 1 saturated carbocycles. The number of benzene rings is 4. The number of halogens is 6. The predicted molar refractivity (Wildman–Crippen MR) is 188 cm³/mol. The van der Waals surface area contributed by atoms with E-state index in [1.807, 2.05) is 5.32 Å². The molecule has 8 nitrogen and oxygen atoms in total. The van der Waals surface area contributed by atoms with Gasteiger partial charge in [0.05, 0.1) is 6.10 Å². The molecule has 2 amide bonds. The summed E-state index contributed by atoms with van der Waals surface area (Å²) in [7, 11) is 0. The molecular weight excluding hydrogens is 721 g/mol. The first-order valence-corrected chi connectivity index (χ1v) is 17.6. The van der Waals surface area contributed by atoms with Crippen molar-refractivity contribution in [2.24, 2.45) is 5.73 Å². The van der Waals surface area contributed by atoms with E-state index in [-0.39, 0.29) is 30.8 Å². The standard InChI is InChI=1S/C39H37ClF5N3O5/c40-29-14-9-24(10-15-29)23-7-12-28(13-8-23)38(41,42)34(36(50)48-19-17-30(46)18-20-48)47-35(49)33(53-37(51)39(43,44)45)27-6-5-26-22-32(16-11-25(26)21-27)52-31-3-1-2-4-31/h5-16,21-22,30-31,33-34H,1-4,17-20,46H2,(H,47,49)/t33-,34-/m0/s1. The van der Waals surface area contributed by atoms with Gasteiger partial charge in [0.2, 0.25) is 6.10 Å². The molecule has 0 radical (unpaired) electrons. The largest absolute Gasteiger partial charge is 0.490 e. The molecule has 1 saturated heterocycles. The van der Waals surface area contributed by atoms with Crippen LogP contribution < -0.4 is 15.8 Å². The first-order valence-electron chi connectivity index (χ1n) is 17.3. The van der Waals surface area contributed by atoms with Crippen molar-refractivity contribution in [2.75, 3.05) is 13.1 Å². The number of nitrogens with zero attached hydrogens (tertiary/aromatic N) is 1. The Bertz CT molecular complexity index is 1940. The van der Waals surface area contributed by atoms with Gasteiger partial charge in [-0.1, -0.05) is 66.2 Å². The number of ether oxygens (including phenoxy) is 2. The molecule has 3 N–H and O–H groups in total. The van der Waals surface area contributed by atoms with Crippen molar-refractivity contribution >= 4 is 40.2 Å². The molecular formula is C39H37ClF5N3O5. The maximum atomic E-state index is 16.6. The maximum Gasteiger partial charge on any atom is 0.490 e. The molecule has 2 aliphatic rings. The SMILES string of the molecule is NC1CCN(C(=O)[C@H](NC(=O)[C@@H](OC(=O)C(F)(F)F)c2ccc3cc(OC4CCCC4)ccc3c2)C(F)(F)c2ccc(-c3ccc(Cl)cc3)cc2)CC1. The average molecular weight is 758 g/mol. The molecule has 1 aliphatic heterocycles. The van der Waals surface area contributed by atoms with Gasteiger partial charge in [-0.2, -0.15) is 22.0 Å². The molecule has 53 heavy (non-hydrogen) atoms. The number of piperidine rings is 1. The van der Waals surface area contributed by atoms with Gasteiger partial charge in [-0.25, -0.2) is 4.79 Å². The predicted octanol–water partition coefficient (Wildman–Crippen LogP) is 7.85. The number of fused-ring (bicyclic) bond motifs is 1. The van der Waals surface area contributed by atoms with Crippen molar-refractivity contribution in [3.05, 3.63) is 101 Å². The van der Waals surface area contributed by atoms with E-state index in [9.17, 15) is 27.6 Å². The zero-order valence-corrected chi connectivity index (χ0v) is 29.1. The number of amides is 2. The third-order valence-corrected chi connectivity index (χ3v) is 9.88. The number of hydrogen-bond donors (Lipinski definition) is 2. The van der Waals surface area contributed by atoms with Gasteiger partial charge in [0.1, 0.15) is 5.75 Å². The number of nitrogens with one attached hydrogen (secondary N) is 1. The van der Waals surface area contributed by atoms with E-state index >= 15 is 8.78 Å². The number of hydrogen-bond acceptors (Lipinski definition) is 6. The van der Waals surface area contributed by atoms with Crippen LogP contribution in [-0.2, 0) is 25.0 Å². The molecule has 1 aliphatic carbocycles. The molecule has 14 heteroatoms. The molecule has 280 valence electrons. The Morgan fingerprint density at radius 2 is 1.38 bits per heavy atom. The number of nitrogens with two attached hydrogens (primary N) is 1. The maximum absolute atomic E-state index is 16.6. The quantitative estimate of drug-likeness (QED) is 0.126. The summed E-state index contributed by atoms with van der Waals surface area (Å²) in [5.74, 6) is -8.93. The number of carbonyl (C=O) groups is 3. The Morgan fingerprint density at radius 3 is 2.00 bits per heavy atom. The monoisotopic (exact) mass is 757 g/mol. The lowest BCUT2D eigenvalue weighted by molar-refractivity contribution is -0.206. The molecule has 1 heterocycles. The van der Waals surface area contributed by atoms with Crippen LogP contribution in [0, 0.1) is 0 Å². The smallest absolute Gasteiger partial charge is 0.490 e. The number of alkyl halides is 5. The number of rotatable bonds is 10. The van der Waals surface area contributed by atoms with Crippen LogP contribution in [0.4, 0.5) is 22.0 Å². The van der Waals surface area contributed by atoms with E-state index in [1.54, 1.807) is 42.5 Å². The van der Waals surface area contributed by atoms with Gasteiger partial charge in [-0.3, -0.25) is 9.59 Å². The molecule has 0 spiro atoms. The number of esters is 1. The van der Waals surface area contributed by atoms with Gasteiger partial charge >= 0.3 is 18.1 Å². The summed E-state index contributed by atoms with van der Waals surface area (Å²) < 4.78 is 84.3. The highest BCUT2D eigenvalue weighted by atomic mass is 35.5. The van der Waals surface area contributed by atoms with E-state index in [0.717, 1.165) is 42.7 Å². The van der Waals surface area contributed by atoms with Crippen LogP contribution in [-0.4, -0.2) is 60.1 Å². The molecule has 6 rings (SSSR count). The Balaban J connectivity index is 1.32. The Labute approximate surface area is 307 Å². The number of likely N-dealkylation sites (tertiary alicyclic amines) is 1. The van der Waals surface area contributed by atoms with Crippen molar-refractivity contribution in [2.45, 2.75) is 74.9 Å². The highest BCUT2D eigenvalue weighted by Gasteiger charge is 2.50. The van der Waals surface area contributed by atoms with Crippen LogP contribution in [0.2, 0.25) is 5.02 Å². The Kier molecular flexibility index (Phi) is 11.2. The summed E-state index contributed by atoms with van der Waals surface area (Å²) in [4.78, 5) is 41.0. The van der Waals surface area contributed by atoms with Gasteiger partial charge in [0.25, 0.3) is 11.8 Å². The minimum atomic E-state index is -5.51. The molecule has 0 aromatic heterocycles. The third-order valence-electron chi connectivity index (χ3n) is 9.63. The van der Waals surface area contributed by atoms with Crippen molar-refractivity contribution in [1.29, 1.82) is 0 Å². The molecule has 2 fully saturated rings. The minimum absolute atomic E-state index is 0.0154. The fourth-order valence-corrected chi connectivity index (χ4v) is 6.77. The minimum Gasteiger partial charge on any atom is -0.490 e. The molecule has 4 aromatic carbocycles. The lowest BCUT2D eigenvalue weighted by atomic mass is 9.95. The van der Waals surface area contributed by atoms with Crippen molar-refractivity contribution in [1.82, 2.24) is 10.2 Å². The molecule has 2 atom stereocenters. The summed E-state index contributed by atoms with van der Waals surface area (Å²) in [6.07, 6.45) is -3.23. The Morgan fingerprint density at radius 1 is 0.792 bits per heavy atom. The van der Waals surface area contributed by atoms with Crippen molar-refractivity contribution in [3.63, 3.8) is 0 Å². The zero-order valence-electron chi connectivity index (χ0n) is 28.4. The molecule has 0 bridgehead atoms. The second kappa shape index (κ2) is 15.7. The van der Waals surface area contributed by atoms with Crippen LogP contribution in [0.1, 0.15) is 55.8 Å². The van der Waals surface area contributed by atoms with Gasteiger partial charge in [0.15, 0.2) is 6.04 Å². The van der Waals surface area contributed by atoms with Crippen LogP contribution in [0.15, 0.2) is 84.9 Å².